The van der Waals surface area contributed by atoms with Gasteiger partial charge in [-0.1, -0.05) is 42.6 Å². The minimum atomic E-state index is 0.337. The van der Waals surface area contributed by atoms with Crippen molar-refractivity contribution in [2.45, 2.75) is 58.8 Å². The Morgan fingerprint density at radius 2 is 1.93 bits per heavy atom. The zero-order valence-electron chi connectivity index (χ0n) is 9.52. The van der Waals surface area contributed by atoms with Crippen LogP contribution in [0.3, 0.4) is 0 Å². The van der Waals surface area contributed by atoms with E-state index in [1.54, 1.807) is 0 Å². The van der Waals surface area contributed by atoms with Crippen LogP contribution in [0.1, 0.15) is 58.8 Å². The van der Waals surface area contributed by atoms with Crippen LogP contribution in [0.5, 0.6) is 0 Å². The summed E-state index contributed by atoms with van der Waals surface area (Å²) >= 11 is 3.40. The first-order valence-corrected chi connectivity index (χ1v) is 6.97. The Hall–Kier alpha value is 0.150. The molecular weight excluding hydrogens is 240 g/mol. The number of rotatable bonds is 9. The number of hydrogen-bond acceptors (Lipinski definition) is 1. The third-order valence-corrected chi connectivity index (χ3v) is 3.20. The SMILES string of the molecule is CCC[C@@H](CC)C(=O)CCCCCBr. The highest BCUT2D eigenvalue weighted by Gasteiger charge is 2.14. The average molecular weight is 263 g/mol. The molecule has 0 bridgehead atoms. The molecule has 0 N–H and O–H groups in total. The standard InChI is InChI=1S/C12H23BrO/c1-3-8-11(4-2)12(14)9-6-5-7-10-13/h11H,3-10H2,1-2H3/t11-/m1/s1. The van der Waals surface area contributed by atoms with Crippen LogP contribution in [0, 0.1) is 5.92 Å². The molecule has 1 nitrogen and oxygen atoms in total. The number of carbonyl (C=O) groups is 1. The molecule has 0 saturated heterocycles. The van der Waals surface area contributed by atoms with Crippen LogP contribution in [0.2, 0.25) is 0 Å². The van der Waals surface area contributed by atoms with Gasteiger partial charge in [-0.25, -0.2) is 0 Å². The Morgan fingerprint density at radius 1 is 1.21 bits per heavy atom. The molecule has 84 valence electrons. The summed E-state index contributed by atoms with van der Waals surface area (Å²) in [4.78, 5) is 11.7. The lowest BCUT2D eigenvalue weighted by Crippen LogP contribution is -2.13. The maximum absolute atomic E-state index is 11.7. The Kier molecular flexibility index (Phi) is 9.80. The summed E-state index contributed by atoms with van der Waals surface area (Å²) in [5, 5.41) is 1.06. The second-order valence-electron chi connectivity index (χ2n) is 3.86. The van der Waals surface area contributed by atoms with Crippen molar-refractivity contribution in [1.29, 1.82) is 0 Å². The van der Waals surface area contributed by atoms with Crippen molar-refractivity contribution in [3.8, 4) is 0 Å². The molecule has 0 heterocycles. The van der Waals surface area contributed by atoms with Gasteiger partial charge in [0.25, 0.3) is 0 Å². The second kappa shape index (κ2) is 9.70. The Labute approximate surface area is 96.8 Å². The van der Waals surface area contributed by atoms with Gasteiger partial charge in [0.2, 0.25) is 0 Å². The number of carbonyl (C=O) groups excluding carboxylic acids is 1. The van der Waals surface area contributed by atoms with E-state index >= 15 is 0 Å². The van der Waals surface area contributed by atoms with E-state index in [4.69, 9.17) is 0 Å². The van der Waals surface area contributed by atoms with Gasteiger partial charge in [-0.05, 0) is 25.7 Å². The zero-order valence-corrected chi connectivity index (χ0v) is 11.1. The molecule has 2 heteroatoms. The first kappa shape index (κ1) is 14.2. The minimum Gasteiger partial charge on any atom is -0.299 e. The van der Waals surface area contributed by atoms with E-state index in [9.17, 15) is 4.79 Å². The van der Waals surface area contributed by atoms with E-state index in [0.717, 1.165) is 37.4 Å². The molecule has 0 fully saturated rings. The molecule has 1 atom stereocenters. The van der Waals surface area contributed by atoms with Crippen LogP contribution >= 0.6 is 15.9 Å². The lowest BCUT2D eigenvalue weighted by atomic mass is 9.92. The van der Waals surface area contributed by atoms with Crippen molar-refractivity contribution in [2.24, 2.45) is 5.92 Å². The maximum atomic E-state index is 11.7. The van der Waals surface area contributed by atoms with Gasteiger partial charge in [0.15, 0.2) is 0 Å². The molecule has 0 rings (SSSR count). The minimum absolute atomic E-state index is 0.337. The molecule has 0 amide bonds. The molecule has 0 aliphatic rings. The zero-order chi connectivity index (χ0) is 10.8. The first-order valence-electron chi connectivity index (χ1n) is 5.84. The van der Waals surface area contributed by atoms with E-state index in [0.29, 0.717) is 11.7 Å². The van der Waals surface area contributed by atoms with Crippen LogP contribution < -0.4 is 0 Å². The summed E-state index contributed by atoms with van der Waals surface area (Å²) in [6.45, 7) is 4.28. The van der Waals surface area contributed by atoms with Crippen molar-refractivity contribution in [1.82, 2.24) is 0 Å². The Balaban J connectivity index is 3.58. The van der Waals surface area contributed by atoms with Gasteiger partial charge in [0.1, 0.15) is 5.78 Å². The molecular formula is C12H23BrO. The monoisotopic (exact) mass is 262 g/mol. The molecule has 0 aliphatic heterocycles. The Morgan fingerprint density at radius 3 is 2.43 bits per heavy atom. The Bertz CT molecular complexity index is 145. The van der Waals surface area contributed by atoms with Crippen LogP contribution in [0.25, 0.3) is 0 Å². The summed E-state index contributed by atoms with van der Waals surface area (Å²) in [5.41, 5.74) is 0. The molecule has 0 radical (unpaired) electrons. The van der Waals surface area contributed by atoms with Gasteiger partial charge in [-0.15, -0.1) is 0 Å². The highest BCUT2D eigenvalue weighted by atomic mass is 79.9. The summed E-state index contributed by atoms with van der Waals surface area (Å²) in [7, 11) is 0. The van der Waals surface area contributed by atoms with Crippen LogP contribution in [0.4, 0.5) is 0 Å². The highest BCUT2D eigenvalue weighted by Crippen LogP contribution is 2.15. The number of hydrogen-bond donors (Lipinski definition) is 0. The molecule has 0 aromatic rings. The molecule has 0 spiro atoms. The fourth-order valence-corrected chi connectivity index (χ4v) is 2.11. The predicted octanol–water partition coefficient (Wildman–Crippen LogP) is 4.34. The van der Waals surface area contributed by atoms with E-state index in [2.05, 4.69) is 29.8 Å². The van der Waals surface area contributed by atoms with Gasteiger partial charge in [0, 0.05) is 17.7 Å². The van der Waals surface area contributed by atoms with Gasteiger partial charge in [-0.3, -0.25) is 4.79 Å². The maximum Gasteiger partial charge on any atom is 0.135 e. The van der Waals surface area contributed by atoms with Crippen molar-refractivity contribution in [3.63, 3.8) is 0 Å². The topological polar surface area (TPSA) is 17.1 Å². The molecule has 0 unspecified atom stereocenters. The van der Waals surface area contributed by atoms with Crippen LogP contribution in [-0.4, -0.2) is 11.1 Å². The van der Waals surface area contributed by atoms with Crippen LogP contribution in [-0.2, 0) is 4.79 Å². The summed E-state index contributed by atoms with van der Waals surface area (Å²) in [6, 6.07) is 0. The predicted molar refractivity (Wildman–Crippen MR) is 66.0 cm³/mol. The summed E-state index contributed by atoms with van der Waals surface area (Å²) in [6.07, 6.45) is 7.47. The number of alkyl halides is 1. The van der Waals surface area contributed by atoms with Crippen molar-refractivity contribution >= 4 is 21.7 Å². The van der Waals surface area contributed by atoms with E-state index in [1.807, 2.05) is 0 Å². The fourth-order valence-electron chi connectivity index (χ4n) is 1.72. The van der Waals surface area contributed by atoms with Gasteiger partial charge >= 0.3 is 0 Å². The van der Waals surface area contributed by atoms with Crippen LogP contribution in [0.15, 0.2) is 0 Å². The van der Waals surface area contributed by atoms with Crippen molar-refractivity contribution < 1.29 is 4.79 Å². The quantitative estimate of drug-likeness (QED) is 0.447. The average Bonchev–Trinajstić information content (AvgIpc) is 2.20. The fraction of sp³-hybridized carbons (Fsp3) is 0.917. The smallest absolute Gasteiger partial charge is 0.135 e. The van der Waals surface area contributed by atoms with E-state index in [1.165, 1.54) is 12.8 Å². The lowest BCUT2D eigenvalue weighted by Gasteiger charge is -2.11. The second-order valence-corrected chi connectivity index (χ2v) is 4.65. The highest BCUT2D eigenvalue weighted by molar-refractivity contribution is 9.09. The molecule has 0 aliphatic carbocycles. The number of halogens is 1. The van der Waals surface area contributed by atoms with E-state index < -0.39 is 0 Å². The molecule has 0 saturated carbocycles. The summed E-state index contributed by atoms with van der Waals surface area (Å²) < 4.78 is 0. The molecule has 14 heavy (non-hydrogen) atoms. The number of Topliss-reactive ketones (excluding diaryl/α,β-unsaturated/α-hetero) is 1. The molecule has 0 aromatic carbocycles. The third kappa shape index (κ3) is 6.58. The largest absolute Gasteiger partial charge is 0.299 e. The normalized spacial score (nSPS) is 12.8. The van der Waals surface area contributed by atoms with Gasteiger partial charge in [-0.2, -0.15) is 0 Å². The third-order valence-electron chi connectivity index (χ3n) is 2.64. The van der Waals surface area contributed by atoms with E-state index in [-0.39, 0.29) is 0 Å². The molecule has 0 aromatic heterocycles. The van der Waals surface area contributed by atoms with Gasteiger partial charge < -0.3 is 0 Å². The first-order chi connectivity index (χ1) is 6.76. The van der Waals surface area contributed by atoms with Gasteiger partial charge in [0.05, 0.1) is 0 Å². The lowest BCUT2D eigenvalue weighted by molar-refractivity contribution is -0.123. The van der Waals surface area contributed by atoms with Crippen molar-refractivity contribution in [2.75, 3.05) is 5.33 Å². The number of ketones is 1. The van der Waals surface area contributed by atoms with Crippen molar-refractivity contribution in [3.05, 3.63) is 0 Å². The summed E-state index contributed by atoms with van der Waals surface area (Å²) in [5.74, 6) is 0.827. The number of unbranched alkanes of at least 4 members (excludes halogenated alkanes) is 2.